The van der Waals surface area contributed by atoms with E-state index in [9.17, 15) is 4.79 Å². The number of carbonyl (C=O) groups is 1. The minimum Gasteiger partial charge on any atom is -0.493 e. The van der Waals surface area contributed by atoms with E-state index in [2.05, 4.69) is 6.58 Å². The summed E-state index contributed by atoms with van der Waals surface area (Å²) in [6.45, 7) is 4.49. The normalized spacial score (nSPS) is 10.5. The van der Waals surface area contributed by atoms with E-state index in [4.69, 9.17) is 19.3 Å². The van der Waals surface area contributed by atoms with Gasteiger partial charge in [0.05, 0.1) is 7.11 Å². The first-order valence-electron chi connectivity index (χ1n) is 8.17. The Morgan fingerprint density at radius 1 is 1.08 bits per heavy atom. The zero-order valence-corrected chi connectivity index (χ0v) is 14.7. The summed E-state index contributed by atoms with van der Waals surface area (Å²) in [6.07, 6.45) is 5.15. The molecule has 5 heteroatoms. The average Bonchev–Trinajstić information content (AvgIpc) is 2.65. The van der Waals surface area contributed by atoms with Gasteiger partial charge in [-0.15, -0.1) is 6.58 Å². The summed E-state index contributed by atoms with van der Waals surface area (Å²) in [5.41, 5.74) is 1.79. The van der Waals surface area contributed by atoms with E-state index in [0.29, 0.717) is 30.3 Å². The number of para-hydroxylation sites is 1. The van der Waals surface area contributed by atoms with E-state index in [1.165, 1.54) is 13.2 Å². The number of aliphatic carboxylic acids is 1. The van der Waals surface area contributed by atoms with Crippen LogP contribution < -0.4 is 14.2 Å². The molecule has 0 radical (unpaired) electrons. The predicted molar refractivity (Wildman–Crippen MR) is 101 cm³/mol. The van der Waals surface area contributed by atoms with E-state index in [1.807, 2.05) is 30.3 Å². The SMILES string of the molecule is C=CCc1ccccc1OCCOc1ccc(C=CC(=O)O)cc1OC. The maximum atomic E-state index is 10.6. The van der Waals surface area contributed by atoms with Crippen molar-refractivity contribution in [3.8, 4) is 17.2 Å². The smallest absolute Gasteiger partial charge is 0.328 e. The molecule has 0 heterocycles. The third-order valence-corrected chi connectivity index (χ3v) is 3.54. The lowest BCUT2D eigenvalue weighted by molar-refractivity contribution is -0.131. The molecule has 0 aliphatic carbocycles. The number of allylic oxidation sites excluding steroid dienone is 1. The van der Waals surface area contributed by atoms with Crippen LogP contribution in [0.4, 0.5) is 0 Å². The highest BCUT2D eigenvalue weighted by Crippen LogP contribution is 2.28. The van der Waals surface area contributed by atoms with Crippen molar-refractivity contribution in [1.29, 1.82) is 0 Å². The van der Waals surface area contributed by atoms with Gasteiger partial charge >= 0.3 is 5.97 Å². The van der Waals surface area contributed by atoms with Crippen molar-refractivity contribution in [3.63, 3.8) is 0 Å². The van der Waals surface area contributed by atoms with Crippen molar-refractivity contribution >= 4 is 12.0 Å². The molecule has 1 N–H and O–H groups in total. The van der Waals surface area contributed by atoms with Crippen LogP contribution in [0, 0.1) is 0 Å². The molecular weight excluding hydrogens is 332 g/mol. The molecule has 0 aliphatic heterocycles. The van der Waals surface area contributed by atoms with Gasteiger partial charge in [-0.25, -0.2) is 4.79 Å². The summed E-state index contributed by atoms with van der Waals surface area (Å²) >= 11 is 0. The topological polar surface area (TPSA) is 65.0 Å². The van der Waals surface area contributed by atoms with Crippen molar-refractivity contribution in [1.82, 2.24) is 0 Å². The zero-order valence-electron chi connectivity index (χ0n) is 14.7. The maximum Gasteiger partial charge on any atom is 0.328 e. The number of benzene rings is 2. The molecule has 0 amide bonds. The average molecular weight is 354 g/mol. The first kappa shape index (κ1) is 19.1. The van der Waals surface area contributed by atoms with Crippen LogP contribution in [-0.4, -0.2) is 31.4 Å². The molecule has 0 saturated carbocycles. The highest BCUT2D eigenvalue weighted by atomic mass is 16.5. The standard InChI is InChI=1S/C21H22O5/c1-3-6-17-7-4-5-8-18(17)25-13-14-26-19-11-9-16(10-12-21(22)23)15-20(19)24-2/h3-5,7-12,15H,1,6,13-14H2,2H3,(H,22,23). The second-order valence-corrected chi connectivity index (χ2v) is 5.38. The monoisotopic (exact) mass is 354 g/mol. The molecule has 0 aromatic heterocycles. The van der Waals surface area contributed by atoms with Crippen LogP contribution in [0.1, 0.15) is 11.1 Å². The van der Waals surface area contributed by atoms with Crippen LogP contribution in [0.5, 0.6) is 17.2 Å². The number of carboxylic acids is 1. The van der Waals surface area contributed by atoms with Crippen LogP contribution in [0.25, 0.3) is 6.08 Å². The van der Waals surface area contributed by atoms with E-state index >= 15 is 0 Å². The Kier molecular flexibility index (Phi) is 7.31. The van der Waals surface area contributed by atoms with Gasteiger partial charge in [0, 0.05) is 6.08 Å². The third-order valence-electron chi connectivity index (χ3n) is 3.54. The molecular formula is C21H22O5. The lowest BCUT2D eigenvalue weighted by Gasteiger charge is -2.13. The molecule has 2 aromatic carbocycles. The van der Waals surface area contributed by atoms with E-state index in [-0.39, 0.29) is 0 Å². The van der Waals surface area contributed by atoms with Crippen molar-refractivity contribution < 1.29 is 24.1 Å². The van der Waals surface area contributed by atoms with Gasteiger partial charge in [0.1, 0.15) is 19.0 Å². The molecule has 0 fully saturated rings. The summed E-state index contributed by atoms with van der Waals surface area (Å²) in [4.78, 5) is 10.6. The first-order valence-corrected chi connectivity index (χ1v) is 8.17. The summed E-state index contributed by atoms with van der Waals surface area (Å²) in [5, 5.41) is 8.68. The summed E-state index contributed by atoms with van der Waals surface area (Å²) in [7, 11) is 1.54. The highest BCUT2D eigenvalue weighted by molar-refractivity contribution is 5.85. The number of hydrogen-bond donors (Lipinski definition) is 1. The molecule has 0 bridgehead atoms. The molecule has 2 aromatic rings. The van der Waals surface area contributed by atoms with Gasteiger partial charge in [-0.2, -0.15) is 0 Å². The Balaban J connectivity index is 1.93. The van der Waals surface area contributed by atoms with Gasteiger partial charge < -0.3 is 19.3 Å². The Bertz CT molecular complexity index is 780. The van der Waals surface area contributed by atoms with Crippen LogP contribution in [0.3, 0.4) is 0 Å². The maximum absolute atomic E-state index is 10.6. The van der Waals surface area contributed by atoms with Crippen molar-refractivity contribution in [2.75, 3.05) is 20.3 Å². The number of carboxylic acid groups (broad SMARTS) is 1. The number of methoxy groups -OCH3 is 1. The fraction of sp³-hybridized carbons (Fsp3) is 0.190. The zero-order chi connectivity index (χ0) is 18.8. The second kappa shape index (κ2) is 9.93. The summed E-state index contributed by atoms with van der Waals surface area (Å²) in [6, 6.07) is 13.0. The quantitative estimate of drug-likeness (QED) is 0.397. The van der Waals surface area contributed by atoms with E-state index < -0.39 is 5.97 Å². The fourth-order valence-electron chi connectivity index (χ4n) is 2.35. The number of ether oxygens (including phenoxy) is 3. The summed E-state index contributed by atoms with van der Waals surface area (Å²) in [5.74, 6) is 0.919. The number of hydrogen-bond acceptors (Lipinski definition) is 4. The van der Waals surface area contributed by atoms with Crippen molar-refractivity contribution in [2.45, 2.75) is 6.42 Å². The molecule has 5 nitrogen and oxygen atoms in total. The van der Waals surface area contributed by atoms with Gasteiger partial charge in [-0.3, -0.25) is 0 Å². The fourth-order valence-corrected chi connectivity index (χ4v) is 2.35. The van der Waals surface area contributed by atoms with Crippen LogP contribution >= 0.6 is 0 Å². The van der Waals surface area contributed by atoms with Crippen LogP contribution in [0.15, 0.2) is 61.2 Å². The van der Waals surface area contributed by atoms with Crippen molar-refractivity contribution in [2.24, 2.45) is 0 Å². The first-order chi connectivity index (χ1) is 12.6. The lowest BCUT2D eigenvalue weighted by Crippen LogP contribution is -2.10. The molecule has 2 rings (SSSR count). The Morgan fingerprint density at radius 2 is 1.81 bits per heavy atom. The van der Waals surface area contributed by atoms with Gasteiger partial charge in [0.25, 0.3) is 0 Å². The minimum absolute atomic E-state index is 0.350. The molecule has 0 spiro atoms. The molecule has 0 atom stereocenters. The third kappa shape index (κ3) is 5.70. The van der Waals surface area contributed by atoms with E-state index in [0.717, 1.165) is 23.8 Å². The largest absolute Gasteiger partial charge is 0.493 e. The molecule has 0 unspecified atom stereocenters. The van der Waals surface area contributed by atoms with E-state index in [1.54, 1.807) is 18.2 Å². The molecule has 136 valence electrons. The van der Waals surface area contributed by atoms with Crippen molar-refractivity contribution in [3.05, 3.63) is 72.3 Å². The second-order valence-electron chi connectivity index (χ2n) is 5.38. The Labute approximate surface area is 153 Å². The molecule has 26 heavy (non-hydrogen) atoms. The minimum atomic E-state index is -1.00. The predicted octanol–water partition coefficient (Wildman–Crippen LogP) is 3.98. The van der Waals surface area contributed by atoms with Gasteiger partial charge in [0.2, 0.25) is 0 Å². The Morgan fingerprint density at radius 3 is 2.50 bits per heavy atom. The Hall–Kier alpha value is -3.21. The van der Waals surface area contributed by atoms with Gasteiger partial charge in [-0.05, 0) is 41.8 Å². The van der Waals surface area contributed by atoms with Crippen LogP contribution in [-0.2, 0) is 11.2 Å². The molecule has 0 saturated heterocycles. The highest BCUT2D eigenvalue weighted by Gasteiger charge is 2.06. The molecule has 0 aliphatic rings. The van der Waals surface area contributed by atoms with Crippen LogP contribution in [0.2, 0.25) is 0 Å². The number of rotatable bonds is 10. The van der Waals surface area contributed by atoms with Gasteiger partial charge in [-0.1, -0.05) is 30.3 Å². The van der Waals surface area contributed by atoms with Gasteiger partial charge in [0.15, 0.2) is 11.5 Å². The lowest BCUT2D eigenvalue weighted by atomic mass is 10.1. The summed E-state index contributed by atoms with van der Waals surface area (Å²) < 4.78 is 16.8.